The lowest BCUT2D eigenvalue weighted by atomic mass is 10.1. The van der Waals surface area contributed by atoms with Gasteiger partial charge in [-0.25, -0.2) is 0 Å². The number of nitrogens with one attached hydrogen (secondary N) is 1. The van der Waals surface area contributed by atoms with Crippen molar-refractivity contribution in [3.8, 4) is 11.5 Å². The van der Waals surface area contributed by atoms with Crippen molar-refractivity contribution in [2.75, 3.05) is 14.2 Å². The van der Waals surface area contributed by atoms with E-state index in [1.165, 1.54) is 6.08 Å². The van der Waals surface area contributed by atoms with Gasteiger partial charge in [-0.3, -0.25) is 4.79 Å². The molecule has 0 bridgehead atoms. The minimum Gasteiger partial charge on any atom is -0.496 e. The fraction of sp³-hybridized carbons (Fsp3) is 0.167. The fourth-order valence-electron chi connectivity index (χ4n) is 2.05. The van der Waals surface area contributed by atoms with E-state index < -0.39 is 0 Å². The van der Waals surface area contributed by atoms with Gasteiger partial charge in [-0.2, -0.15) is 0 Å². The standard InChI is InChI=1S/C18H19NO3/c1-21-16-9-6-10-17(22-2)15(16)11-12-18(20)19-13-14-7-4-3-5-8-14/h3-12H,13H2,1-2H3,(H,19,20)/b12-11+. The van der Waals surface area contributed by atoms with Gasteiger partial charge in [0.2, 0.25) is 5.91 Å². The first kappa shape index (κ1) is 15.6. The van der Waals surface area contributed by atoms with Crippen LogP contribution in [0.2, 0.25) is 0 Å². The number of hydrogen-bond donors (Lipinski definition) is 1. The van der Waals surface area contributed by atoms with Crippen molar-refractivity contribution in [1.82, 2.24) is 5.32 Å². The summed E-state index contributed by atoms with van der Waals surface area (Å²) in [5, 5.41) is 2.84. The van der Waals surface area contributed by atoms with Crippen molar-refractivity contribution in [2.45, 2.75) is 6.54 Å². The van der Waals surface area contributed by atoms with Crippen molar-refractivity contribution in [3.63, 3.8) is 0 Å². The minimum atomic E-state index is -0.170. The second-order valence-corrected chi connectivity index (χ2v) is 4.61. The second kappa shape index (κ2) is 7.88. The van der Waals surface area contributed by atoms with Crippen LogP contribution in [-0.2, 0) is 11.3 Å². The highest BCUT2D eigenvalue weighted by Crippen LogP contribution is 2.29. The summed E-state index contributed by atoms with van der Waals surface area (Å²) in [6.07, 6.45) is 3.17. The van der Waals surface area contributed by atoms with E-state index in [0.717, 1.165) is 11.1 Å². The normalized spacial score (nSPS) is 10.5. The van der Waals surface area contributed by atoms with Crippen molar-refractivity contribution in [1.29, 1.82) is 0 Å². The van der Waals surface area contributed by atoms with Gasteiger partial charge in [0.25, 0.3) is 0 Å². The summed E-state index contributed by atoms with van der Waals surface area (Å²) in [4.78, 5) is 11.9. The van der Waals surface area contributed by atoms with E-state index in [9.17, 15) is 4.79 Å². The second-order valence-electron chi connectivity index (χ2n) is 4.61. The van der Waals surface area contributed by atoms with Gasteiger partial charge in [0, 0.05) is 12.6 Å². The van der Waals surface area contributed by atoms with Crippen LogP contribution >= 0.6 is 0 Å². The van der Waals surface area contributed by atoms with E-state index in [1.54, 1.807) is 20.3 Å². The van der Waals surface area contributed by atoms with E-state index >= 15 is 0 Å². The van der Waals surface area contributed by atoms with E-state index in [-0.39, 0.29) is 5.91 Å². The van der Waals surface area contributed by atoms with Crippen molar-refractivity contribution in [2.24, 2.45) is 0 Å². The van der Waals surface area contributed by atoms with Crippen LogP contribution in [0.4, 0.5) is 0 Å². The van der Waals surface area contributed by atoms with E-state index in [0.29, 0.717) is 18.0 Å². The summed E-state index contributed by atoms with van der Waals surface area (Å²) in [5.41, 5.74) is 1.79. The Bertz CT molecular complexity index is 628. The predicted octanol–water partition coefficient (Wildman–Crippen LogP) is 3.03. The van der Waals surface area contributed by atoms with E-state index in [2.05, 4.69) is 5.32 Å². The van der Waals surface area contributed by atoms with Gasteiger partial charge in [0.05, 0.1) is 19.8 Å². The summed E-state index contributed by atoms with van der Waals surface area (Å²) in [5.74, 6) is 1.15. The van der Waals surface area contributed by atoms with Gasteiger partial charge in [-0.15, -0.1) is 0 Å². The zero-order valence-corrected chi connectivity index (χ0v) is 12.7. The molecule has 2 rings (SSSR count). The number of benzene rings is 2. The van der Waals surface area contributed by atoms with Gasteiger partial charge in [-0.1, -0.05) is 36.4 Å². The van der Waals surface area contributed by atoms with Gasteiger partial charge in [0.1, 0.15) is 11.5 Å². The van der Waals surface area contributed by atoms with Gasteiger partial charge < -0.3 is 14.8 Å². The molecule has 4 nitrogen and oxygen atoms in total. The molecule has 0 spiro atoms. The average Bonchev–Trinajstić information content (AvgIpc) is 2.58. The molecule has 0 fully saturated rings. The lowest BCUT2D eigenvalue weighted by Crippen LogP contribution is -2.20. The molecular formula is C18H19NO3. The highest BCUT2D eigenvalue weighted by molar-refractivity contribution is 5.92. The van der Waals surface area contributed by atoms with Crippen LogP contribution in [0, 0.1) is 0 Å². The molecule has 114 valence electrons. The number of ether oxygens (including phenoxy) is 2. The van der Waals surface area contributed by atoms with Crippen molar-refractivity contribution >= 4 is 12.0 Å². The van der Waals surface area contributed by atoms with Crippen LogP contribution in [-0.4, -0.2) is 20.1 Å². The molecule has 22 heavy (non-hydrogen) atoms. The molecular weight excluding hydrogens is 278 g/mol. The quantitative estimate of drug-likeness (QED) is 0.834. The van der Waals surface area contributed by atoms with E-state index in [1.807, 2.05) is 48.5 Å². The van der Waals surface area contributed by atoms with Crippen LogP contribution in [0.5, 0.6) is 11.5 Å². The van der Waals surface area contributed by atoms with Crippen LogP contribution in [0.15, 0.2) is 54.6 Å². The Hall–Kier alpha value is -2.75. The number of carbonyl (C=O) groups excluding carboxylic acids is 1. The highest BCUT2D eigenvalue weighted by Gasteiger charge is 2.06. The van der Waals surface area contributed by atoms with E-state index in [4.69, 9.17) is 9.47 Å². The third-order valence-electron chi connectivity index (χ3n) is 3.18. The Morgan fingerprint density at radius 1 is 1.00 bits per heavy atom. The molecule has 0 saturated carbocycles. The molecule has 0 saturated heterocycles. The maximum Gasteiger partial charge on any atom is 0.244 e. The molecule has 0 aliphatic rings. The Morgan fingerprint density at radius 2 is 1.64 bits per heavy atom. The maximum atomic E-state index is 11.9. The molecule has 0 radical (unpaired) electrons. The first-order valence-electron chi connectivity index (χ1n) is 6.95. The van der Waals surface area contributed by atoms with Crippen LogP contribution in [0.1, 0.15) is 11.1 Å². The number of methoxy groups -OCH3 is 2. The lowest BCUT2D eigenvalue weighted by molar-refractivity contribution is -0.116. The molecule has 0 aliphatic carbocycles. The Labute approximate surface area is 130 Å². The van der Waals surface area contributed by atoms with Crippen LogP contribution in [0.3, 0.4) is 0 Å². The first-order valence-corrected chi connectivity index (χ1v) is 6.95. The molecule has 0 unspecified atom stereocenters. The highest BCUT2D eigenvalue weighted by atomic mass is 16.5. The third kappa shape index (κ3) is 4.12. The summed E-state index contributed by atoms with van der Waals surface area (Å²) < 4.78 is 10.6. The Morgan fingerprint density at radius 3 is 2.23 bits per heavy atom. The Kier molecular flexibility index (Phi) is 5.60. The minimum absolute atomic E-state index is 0.170. The SMILES string of the molecule is COc1cccc(OC)c1/C=C/C(=O)NCc1ccccc1. The molecule has 1 N–H and O–H groups in total. The number of carbonyl (C=O) groups is 1. The third-order valence-corrected chi connectivity index (χ3v) is 3.18. The van der Waals surface area contributed by atoms with Crippen molar-refractivity contribution in [3.05, 3.63) is 65.7 Å². The monoisotopic (exact) mass is 297 g/mol. The zero-order chi connectivity index (χ0) is 15.8. The first-order chi connectivity index (χ1) is 10.7. The lowest BCUT2D eigenvalue weighted by Gasteiger charge is -2.09. The average molecular weight is 297 g/mol. The molecule has 2 aromatic rings. The summed E-state index contributed by atoms with van der Waals surface area (Å²) in [7, 11) is 3.17. The maximum absolute atomic E-state index is 11.9. The summed E-state index contributed by atoms with van der Waals surface area (Å²) in [6.45, 7) is 0.493. The topological polar surface area (TPSA) is 47.6 Å². The summed E-state index contributed by atoms with van der Waals surface area (Å²) >= 11 is 0. The predicted molar refractivity (Wildman–Crippen MR) is 86.9 cm³/mol. The molecule has 2 aromatic carbocycles. The largest absolute Gasteiger partial charge is 0.496 e. The molecule has 4 heteroatoms. The molecule has 0 aromatic heterocycles. The van der Waals surface area contributed by atoms with Gasteiger partial charge in [0.15, 0.2) is 0 Å². The molecule has 0 atom stereocenters. The number of amides is 1. The Balaban J connectivity index is 2.03. The van der Waals surface area contributed by atoms with Gasteiger partial charge >= 0.3 is 0 Å². The van der Waals surface area contributed by atoms with Crippen LogP contribution < -0.4 is 14.8 Å². The summed E-state index contributed by atoms with van der Waals surface area (Å²) in [6, 6.07) is 15.2. The zero-order valence-electron chi connectivity index (χ0n) is 12.7. The van der Waals surface area contributed by atoms with Crippen LogP contribution in [0.25, 0.3) is 6.08 Å². The smallest absolute Gasteiger partial charge is 0.244 e. The molecule has 1 amide bonds. The molecule has 0 aliphatic heterocycles. The molecule has 0 heterocycles. The van der Waals surface area contributed by atoms with Gasteiger partial charge in [-0.05, 0) is 23.8 Å². The number of rotatable bonds is 6. The fourth-order valence-corrected chi connectivity index (χ4v) is 2.05. The van der Waals surface area contributed by atoms with Crippen molar-refractivity contribution < 1.29 is 14.3 Å². The number of hydrogen-bond acceptors (Lipinski definition) is 3.